The van der Waals surface area contributed by atoms with E-state index in [1.807, 2.05) is 37.3 Å². The summed E-state index contributed by atoms with van der Waals surface area (Å²) in [5.74, 6) is 1.10. The highest BCUT2D eigenvalue weighted by Gasteiger charge is 2.13. The monoisotopic (exact) mass is 488 g/mol. The topological polar surface area (TPSA) is 35.5 Å². The molecular weight excluding hydrogens is 444 g/mol. The molecule has 0 radical (unpaired) electrons. The molecule has 0 aliphatic rings. The highest BCUT2D eigenvalue weighted by molar-refractivity contribution is 5.95. The van der Waals surface area contributed by atoms with Crippen molar-refractivity contribution in [2.24, 2.45) is 0 Å². The minimum atomic E-state index is -0.318. The molecule has 0 aromatic heterocycles. The van der Waals surface area contributed by atoms with Crippen LogP contribution in [0.25, 0.3) is 10.8 Å². The van der Waals surface area contributed by atoms with E-state index in [1.165, 1.54) is 29.2 Å². The Kier molecular flexibility index (Phi) is 12.3. The minimum Gasteiger partial charge on any atom is -0.489 e. The van der Waals surface area contributed by atoms with Crippen molar-refractivity contribution in [3.63, 3.8) is 0 Å². The first kappa shape index (κ1) is 29.2. The SMILES string of the molecule is CC(=O)Oc1c(C)cc(OC/C=C(\C)CC/C=C(\C)CC/C=C(\C)CCC=C(C)C)c2ccccc12. The summed E-state index contributed by atoms with van der Waals surface area (Å²) in [5.41, 5.74) is 6.56. The molecule has 3 nitrogen and oxygen atoms in total. The lowest BCUT2D eigenvalue weighted by Gasteiger charge is -2.14. The summed E-state index contributed by atoms with van der Waals surface area (Å²) in [4.78, 5) is 11.5. The van der Waals surface area contributed by atoms with Gasteiger partial charge in [-0.2, -0.15) is 0 Å². The molecule has 36 heavy (non-hydrogen) atoms. The predicted octanol–water partition coefficient (Wildman–Crippen LogP) is 9.60. The Morgan fingerprint density at radius 3 is 1.83 bits per heavy atom. The molecule has 0 aliphatic heterocycles. The van der Waals surface area contributed by atoms with Crippen molar-refractivity contribution in [3.8, 4) is 11.5 Å². The smallest absolute Gasteiger partial charge is 0.308 e. The lowest BCUT2D eigenvalue weighted by Crippen LogP contribution is -2.04. The molecule has 0 N–H and O–H groups in total. The number of hydrogen-bond acceptors (Lipinski definition) is 3. The summed E-state index contributed by atoms with van der Waals surface area (Å²) in [6.07, 6.45) is 15.9. The van der Waals surface area contributed by atoms with Crippen LogP contribution in [-0.2, 0) is 4.79 Å². The third-order valence-electron chi connectivity index (χ3n) is 6.21. The lowest BCUT2D eigenvalue weighted by molar-refractivity contribution is -0.131. The summed E-state index contributed by atoms with van der Waals surface area (Å²) >= 11 is 0. The minimum absolute atomic E-state index is 0.318. The van der Waals surface area contributed by atoms with Crippen LogP contribution in [0.4, 0.5) is 0 Å². The Hall–Kier alpha value is -3.07. The van der Waals surface area contributed by atoms with Crippen LogP contribution in [0.3, 0.4) is 0 Å². The summed E-state index contributed by atoms with van der Waals surface area (Å²) in [6, 6.07) is 9.83. The van der Waals surface area contributed by atoms with Gasteiger partial charge in [0.05, 0.1) is 0 Å². The number of allylic oxidation sites excluding steroid dienone is 7. The number of hydrogen-bond donors (Lipinski definition) is 0. The van der Waals surface area contributed by atoms with E-state index in [9.17, 15) is 4.79 Å². The van der Waals surface area contributed by atoms with Gasteiger partial charge in [-0.1, -0.05) is 64.8 Å². The molecule has 0 unspecified atom stereocenters. The average molecular weight is 489 g/mol. The molecule has 0 bridgehead atoms. The molecule has 2 rings (SSSR count). The number of benzene rings is 2. The molecule has 0 amide bonds. The van der Waals surface area contributed by atoms with Crippen molar-refractivity contribution >= 4 is 16.7 Å². The molecule has 0 atom stereocenters. The van der Waals surface area contributed by atoms with Crippen LogP contribution in [0.2, 0.25) is 0 Å². The summed E-state index contributed by atoms with van der Waals surface area (Å²) in [6.45, 7) is 14.8. The largest absolute Gasteiger partial charge is 0.489 e. The van der Waals surface area contributed by atoms with Gasteiger partial charge in [0.2, 0.25) is 0 Å². The van der Waals surface area contributed by atoms with Gasteiger partial charge in [-0.05, 0) is 97.8 Å². The van der Waals surface area contributed by atoms with E-state index in [-0.39, 0.29) is 5.97 Å². The summed E-state index contributed by atoms with van der Waals surface area (Å²) in [5, 5.41) is 1.84. The molecule has 0 saturated carbocycles. The second kappa shape index (κ2) is 15.1. The maximum Gasteiger partial charge on any atom is 0.308 e. The van der Waals surface area contributed by atoms with E-state index < -0.39 is 0 Å². The fourth-order valence-electron chi connectivity index (χ4n) is 4.11. The van der Waals surface area contributed by atoms with E-state index in [1.54, 1.807) is 0 Å². The second-order valence-electron chi connectivity index (χ2n) is 10.0. The van der Waals surface area contributed by atoms with Gasteiger partial charge < -0.3 is 9.47 Å². The molecule has 0 aliphatic carbocycles. The van der Waals surface area contributed by atoms with Crippen molar-refractivity contribution in [3.05, 3.63) is 82.5 Å². The lowest BCUT2D eigenvalue weighted by atomic mass is 10.0. The van der Waals surface area contributed by atoms with E-state index in [0.29, 0.717) is 12.4 Å². The zero-order valence-corrected chi connectivity index (χ0v) is 23.4. The van der Waals surface area contributed by atoms with Gasteiger partial charge in [-0.3, -0.25) is 4.79 Å². The molecular formula is C33H44O3. The van der Waals surface area contributed by atoms with Crippen LogP contribution in [0.15, 0.2) is 76.9 Å². The van der Waals surface area contributed by atoms with Gasteiger partial charge in [-0.15, -0.1) is 0 Å². The van der Waals surface area contributed by atoms with Gasteiger partial charge in [0.15, 0.2) is 0 Å². The third kappa shape index (κ3) is 10.3. The molecule has 0 saturated heterocycles. The summed E-state index contributed by atoms with van der Waals surface area (Å²) in [7, 11) is 0. The van der Waals surface area contributed by atoms with Crippen molar-refractivity contribution in [1.29, 1.82) is 0 Å². The molecule has 2 aromatic rings. The normalized spacial score (nSPS) is 12.6. The van der Waals surface area contributed by atoms with E-state index in [0.717, 1.165) is 60.6 Å². The van der Waals surface area contributed by atoms with Crippen molar-refractivity contribution < 1.29 is 14.3 Å². The quantitative estimate of drug-likeness (QED) is 0.160. The second-order valence-corrected chi connectivity index (χ2v) is 10.0. The first-order valence-corrected chi connectivity index (χ1v) is 13.1. The van der Waals surface area contributed by atoms with E-state index in [4.69, 9.17) is 9.47 Å². The van der Waals surface area contributed by atoms with Crippen molar-refractivity contribution in [2.45, 2.75) is 87.0 Å². The van der Waals surface area contributed by atoms with Gasteiger partial charge in [0.25, 0.3) is 0 Å². The number of carbonyl (C=O) groups excluding carboxylic acids is 1. The first-order chi connectivity index (χ1) is 17.2. The Labute approximate surface area is 218 Å². The fraction of sp³-hybridized carbons (Fsp3) is 0.424. The van der Waals surface area contributed by atoms with Gasteiger partial charge in [0, 0.05) is 17.7 Å². The highest BCUT2D eigenvalue weighted by atomic mass is 16.5. The van der Waals surface area contributed by atoms with Crippen LogP contribution < -0.4 is 9.47 Å². The van der Waals surface area contributed by atoms with Crippen LogP contribution in [0.5, 0.6) is 11.5 Å². The van der Waals surface area contributed by atoms with E-state index >= 15 is 0 Å². The maximum absolute atomic E-state index is 11.5. The molecule has 2 aromatic carbocycles. The Bertz CT molecular complexity index is 1140. The number of aryl methyl sites for hydroxylation is 1. The Morgan fingerprint density at radius 1 is 0.750 bits per heavy atom. The van der Waals surface area contributed by atoms with Crippen LogP contribution >= 0.6 is 0 Å². The standard InChI is InChI=1S/C33H44O3/c1-24(2)13-10-14-25(3)15-11-16-26(4)17-12-18-27(5)21-22-35-32-23-28(6)33(36-29(7)34)31-20-9-8-19-30(31)32/h8-9,13,15,17,19-21,23H,10-12,14,16,18,22H2,1-7H3/b25-15+,26-17+,27-21+. The molecule has 0 fully saturated rings. The number of carbonyl (C=O) groups is 1. The van der Waals surface area contributed by atoms with Gasteiger partial charge >= 0.3 is 5.97 Å². The Balaban J connectivity index is 1.85. The van der Waals surface area contributed by atoms with Crippen LogP contribution in [0, 0.1) is 6.92 Å². The molecule has 3 heteroatoms. The van der Waals surface area contributed by atoms with Crippen LogP contribution in [0.1, 0.15) is 85.6 Å². The molecule has 194 valence electrons. The number of ether oxygens (including phenoxy) is 2. The summed E-state index contributed by atoms with van der Waals surface area (Å²) < 4.78 is 11.6. The fourth-order valence-corrected chi connectivity index (χ4v) is 4.11. The zero-order valence-electron chi connectivity index (χ0n) is 23.4. The number of fused-ring (bicyclic) bond motifs is 1. The molecule has 0 spiro atoms. The van der Waals surface area contributed by atoms with Crippen molar-refractivity contribution in [1.82, 2.24) is 0 Å². The molecule has 0 heterocycles. The van der Waals surface area contributed by atoms with Crippen LogP contribution in [-0.4, -0.2) is 12.6 Å². The Morgan fingerprint density at radius 2 is 1.28 bits per heavy atom. The predicted molar refractivity (Wildman–Crippen MR) is 154 cm³/mol. The first-order valence-electron chi connectivity index (χ1n) is 13.1. The van der Waals surface area contributed by atoms with E-state index in [2.05, 4.69) is 58.9 Å². The van der Waals surface area contributed by atoms with Gasteiger partial charge in [-0.25, -0.2) is 0 Å². The number of rotatable bonds is 13. The van der Waals surface area contributed by atoms with Gasteiger partial charge in [0.1, 0.15) is 18.1 Å². The number of esters is 1. The zero-order chi connectivity index (χ0) is 26.5. The third-order valence-corrected chi connectivity index (χ3v) is 6.21. The highest BCUT2D eigenvalue weighted by Crippen LogP contribution is 2.36. The maximum atomic E-state index is 11.5. The van der Waals surface area contributed by atoms with Crippen molar-refractivity contribution in [2.75, 3.05) is 6.61 Å². The average Bonchev–Trinajstić information content (AvgIpc) is 2.81.